The number of esters is 1. The van der Waals surface area contributed by atoms with Crippen LogP contribution in [0.3, 0.4) is 0 Å². The first-order valence-electron chi connectivity index (χ1n) is 9.54. The number of benzene rings is 1. The van der Waals surface area contributed by atoms with Crippen LogP contribution in [-0.4, -0.2) is 30.4 Å². The SMILES string of the molecule is CC(C)(C)OC(=O)NC(CF)C1CCC(C(=O)OCc2ccccc2)CC1. The molecule has 0 spiro atoms. The van der Waals surface area contributed by atoms with Gasteiger partial charge in [-0.2, -0.15) is 0 Å². The van der Waals surface area contributed by atoms with Gasteiger partial charge in [0.2, 0.25) is 0 Å². The molecule has 1 saturated carbocycles. The van der Waals surface area contributed by atoms with E-state index in [0.29, 0.717) is 25.7 Å². The Bertz CT molecular complexity index is 606. The zero-order valence-corrected chi connectivity index (χ0v) is 16.4. The second kappa shape index (κ2) is 9.72. The van der Waals surface area contributed by atoms with Crippen molar-refractivity contribution in [1.29, 1.82) is 0 Å². The molecular formula is C21H30FNO4. The van der Waals surface area contributed by atoms with Crippen LogP contribution in [0.5, 0.6) is 0 Å². The van der Waals surface area contributed by atoms with E-state index in [0.717, 1.165) is 5.56 Å². The standard InChI is InChI=1S/C21H30FNO4/c1-21(2,3)27-20(25)23-18(13-22)16-9-11-17(12-10-16)19(24)26-14-15-7-5-4-6-8-15/h4-8,16-18H,9-14H2,1-3H3,(H,23,25). The van der Waals surface area contributed by atoms with Crippen LogP contribution >= 0.6 is 0 Å². The van der Waals surface area contributed by atoms with Crippen LogP contribution in [0.15, 0.2) is 30.3 Å². The molecule has 1 amide bonds. The van der Waals surface area contributed by atoms with E-state index in [4.69, 9.17) is 9.47 Å². The smallest absolute Gasteiger partial charge is 0.407 e. The normalized spacial score (nSPS) is 21.2. The quantitative estimate of drug-likeness (QED) is 0.744. The predicted molar refractivity (Wildman–Crippen MR) is 101 cm³/mol. The van der Waals surface area contributed by atoms with Crippen LogP contribution in [0.2, 0.25) is 0 Å². The first kappa shape index (κ1) is 21.2. The summed E-state index contributed by atoms with van der Waals surface area (Å²) < 4.78 is 24.0. The minimum atomic E-state index is -0.646. The van der Waals surface area contributed by atoms with Gasteiger partial charge in [0.05, 0.1) is 12.0 Å². The third-order valence-electron chi connectivity index (χ3n) is 4.77. The van der Waals surface area contributed by atoms with E-state index < -0.39 is 24.4 Å². The van der Waals surface area contributed by atoms with Gasteiger partial charge in [-0.25, -0.2) is 9.18 Å². The van der Waals surface area contributed by atoms with Gasteiger partial charge in [-0.05, 0) is 57.9 Å². The van der Waals surface area contributed by atoms with E-state index in [9.17, 15) is 14.0 Å². The lowest BCUT2D eigenvalue weighted by Gasteiger charge is -2.32. The fourth-order valence-corrected chi connectivity index (χ4v) is 3.35. The second-order valence-electron chi connectivity index (χ2n) is 8.11. The number of amides is 1. The molecule has 1 aliphatic carbocycles. The summed E-state index contributed by atoms with van der Waals surface area (Å²) >= 11 is 0. The van der Waals surface area contributed by atoms with Crippen molar-refractivity contribution in [2.75, 3.05) is 6.67 Å². The highest BCUT2D eigenvalue weighted by atomic mass is 19.1. The average Bonchev–Trinajstić information content (AvgIpc) is 2.64. The van der Waals surface area contributed by atoms with Crippen molar-refractivity contribution in [2.24, 2.45) is 11.8 Å². The van der Waals surface area contributed by atoms with Crippen LogP contribution in [0.4, 0.5) is 9.18 Å². The highest BCUT2D eigenvalue weighted by Gasteiger charge is 2.33. The summed E-state index contributed by atoms with van der Waals surface area (Å²) in [7, 11) is 0. The summed E-state index contributed by atoms with van der Waals surface area (Å²) in [4.78, 5) is 24.2. The van der Waals surface area contributed by atoms with Crippen LogP contribution in [-0.2, 0) is 20.9 Å². The van der Waals surface area contributed by atoms with Gasteiger partial charge in [0.15, 0.2) is 0 Å². The lowest BCUT2D eigenvalue weighted by Crippen LogP contribution is -2.45. The second-order valence-corrected chi connectivity index (χ2v) is 8.11. The third kappa shape index (κ3) is 7.19. The number of carbonyl (C=O) groups is 2. The lowest BCUT2D eigenvalue weighted by atomic mass is 9.79. The van der Waals surface area contributed by atoms with E-state index in [1.54, 1.807) is 20.8 Å². The Balaban J connectivity index is 1.77. The number of alkyl halides is 1. The average molecular weight is 379 g/mol. The zero-order valence-electron chi connectivity index (χ0n) is 16.4. The molecule has 1 atom stereocenters. The number of alkyl carbamates (subject to hydrolysis) is 1. The van der Waals surface area contributed by atoms with Gasteiger partial charge in [-0.3, -0.25) is 4.79 Å². The summed E-state index contributed by atoms with van der Waals surface area (Å²) in [5.41, 5.74) is 0.337. The maximum atomic E-state index is 13.4. The fourth-order valence-electron chi connectivity index (χ4n) is 3.35. The first-order chi connectivity index (χ1) is 12.8. The van der Waals surface area contributed by atoms with Gasteiger partial charge < -0.3 is 14.8 Å². The zero-order chi connectivity index (χ0) is 19.9. The molecule has 1 aromatic rings. The van der Waals surface area contributed by atoms with Crippen molar-refractivity contribution < 1.29 is 23.5 Å². The monoisotopic (exact) mass is 379 g/mol. The Labute approximate surface area is 160 Å². The minimum absolute atomic E-state index is 0.000640. The molecule has 1 fully saturated rings. The van der Waals surface area contributed by atoms with Crippen LogP contribution in [0, 0.1) is 11.8 Å². The highest BCUT2D eigenvalue weighted by Crippen LogP contribution is 2.32. The molecule has 0 aromatic heterocycles. The van der Waals surface area contributed by atoms with Gasteiger partial charge in [-0.15, -0.1) is 0 Å². The number of hydrogen-bond acceptors (Lipinski definition) is 4. The Kier molecular flexibility index (Phi) is 7.63. The van der Waals surface area contributed by atoms with Gasteiger partial charge in [0.25, 0.3) is 0 Å². The molecule has 5 nitrogen and oxygen atoms in total. The summed E-state index contributed by atoms with van der Waals surface area (Å²) in [5.74, 6) is -0.360. The molecule has 0 saturated heterocycles. The molecule has 6 heteroatoms. The first-order valence-corrected chi connectivity index (χ1v) is 9.54. The van der Waals surface area contributed by atoms with Crippen LogP contribution in [0.25, 0.3) is 0 Å². The number of nitrogens with one attached hydrogen (secondary N) is 1. The summed E-state index contributed by atoms with van der Waals surface area (Å²) in [6, 6.07) is 8.98. The Morgan fingerprint density at radius 1 is 1.15 bits per heavy atom. The number of rotatable bonds is 6. The van der Waals surface area contributed by atoms with E-state index in [1.807, 2.05) is 30.3 Å². The van der Waals surface area contributed by atoms with Crippen LogP contribution < -0.4 is 5.32 Å². The molecule has 2 rings (SSSR count). The Morgan fingerprint density at radius 2 is 1.78 bits per heavy atom. The van der Waals surface area contributed by atoms with Crippen molar-refractivity contribution in [3.63, 3.8) is 0 Å². The molecule has 1 unspecified atom stereocenters. The number of carbonyl (C=O) groups excluding carboxylic acids is 2. The van der Waals surface area contributed by atoms with Crippen molar-refractivity contribution in [2.45, 2.75) is 64.7 Å². The molecule has 1 N–H and O–H groups in total. The third-order valence-corrected chi connectivity index (χ3v) is 4.77. The van der Waals surface area contributed by atoms with E-state index in [1.165, 1.54) is 0 Å². The summed E-state index contributed by atoms with van der Waals surface area (Å²) in [6.07, 6.45) is 2.04. The maximum absolute atomic E-state index is 13.4. The van der Waals surface area contributed by atoms with Crippen LogP contribution in [0.1, 0.15) is 52.0 Å². The molecule has 0 heterocycles. The number of hydrogen-bond donors (Lipinski definition) is 1. The van der Waals surface area contributed by atoms with Gasteiger partial charge in [-0.1, -0.05) is 30.3 Å². The predicted octanol–water partition coefficient (Wildman–Crippen LogP) is 4.40. The molecule has 0 bridgehead atoms. The Morgan fingerprint density at radius 3 is 2.33 bits per heavy atom. The molecule has 150 valence electrons. The topological polar surface area (TPSA) is 64.6 Å². The Hall–Kier alpha value is -2.11. The summed E-state index contributed by atoms with van der Waals surface area (Å²) in [5, 5.41) is 2.63. The number of halogens is 1. The molecule has 27 heavy (non-hydrogen) atoms. The van der Waals surface area contributed by atoms with E-state index in [-0.39, 0.29) is 24.4 Å². The largest absolute Gasteiger partial charge is 0.461 e. The van der Waals surface area contributed by atoms with E-state index in [2.05, 4.69) is 5.32 Å². The minimum Gasteiger partial charge on any atom is -0.461 e. The summed E-state index contributed by atoms with van der Waals surface area (Å²) in [6.45, 7) is 4.93. The molecule has 1 aromatic carbocycles. The molecule has 0 aliphatic heterocycles. The van der Waals surface area contributed by atoms with E-state index >= 15 is 0 Å². The fraction of sp³-hybridized carbons (Fsp3) is 0.619. The van der Waals surface area contributed by atoms with Gasteiger partial charge in [0.1, 0.15) is 18.9 Å². The number of ether oxygens (including phenoxy) is 2. The molecule has 0 radical (unpaired) electrons. The van der Waals surface area contributed by atoms with Crippen molar-refractivity contribution in [3.8, 4) is 0 Å². The van der Waals surface area contributed by atoms with Crippen molar-refractivity contribution in [3.05, 3.63) is 35.9 Å². The van der Waals surface area contributed by atoms with Crippen molar-refractivity contribution in [1.82, 2.24) is 5.32 Å². The highest BCUT2D eigenvalue weighted by molar-refractivity contribution is 5.72. The van der Waals surface area contributed by atoms with Gasteiger partial charge >= 0.3 is 12.1 Å². The molecular weight excluding hydrogens is 349 g/mol. The van der Waals surface area contributed by atoms with Crippen molar-refractivity contribution >= 4 is 12.1 Å². The maximum Gasteiger partial charge on any atom is 0.407 e. The van der Waals surface area contributed by atoms with Gasteiger partial charge in [0, 0.05) is 0 Å². The lowest BCUT2D eigenvalue weighted by molar-refractivity contribution is -0.151. The molecule has 1 aliphatic rings.